The first-order valence-corrected chi connectivity index (χ1v) is 24.2. The number of anilines is 1. The standard InChI is InChI=1S/C50H57F10N11O8/c1-47(2,49(55,56)57)39(65-45(75)77-5)41(73)64-37(17-29-10-7-28(8-11-29)9-12-30-20-61-44(62-21-30)69-15-13-68(14-16-69)33-26-79-27-33)38(72)25-70(67-42(74)40(66-46(76)78-6)48(3,4)50(58,59)60)24-34-35(51)18-31(19-36(34)52)32-22-63-71(23-32)43(53)54/h7-8,10-11,18-23,33,37-40,43,72H,13-17,24-27H2,1-6H3,(H,64,73)(H,65,75)(H,66,76)(H,67,74). The summed E-state index contributed by atoms with van der Waals surface area (Å²) in [6.07, 6.45) is -11.3. The third-order valence-electron chi connectivity index (χ3n) is 13.5. The summed E-state index contributed by atoms with van der Waals surface area (Å²) in [5, 5.41) is 21.9. The van der Waals surface area contributed by atoms with Crippen molar-refractivity contribution in [1.82, 2.24) is 51.0 Å². The van der Waals surface area contributed by atoms with Crippen molar-refractivity contribution in [2.24, 2.45) is 10.8 Å². The number of aliphatic hydroxyl groups is 1. The fourth-order valence-electron chi connectivity index (χ4n) is 8.20. The van der Waals surface area contributed by atoms with Crippen LogP contribution in [-0.2, 0) is 36.8 Å². The third-order valence-corrected chi connectivity index (χ3v) is 13.5. The van der Waals surface area contributed by atoms with Gasteiger partial charge in [0, 0.05) is 74.5 Å². The molecule has 0 saturated carbocycles. The minimum Gasteiger partial charge on any atom is -0.453 e. The molecule has 4 aromatic rings. The van der Waals surface area contributed by atoms with E-state index in [1.807, 2.05) is 10.7 Å². The number of carbonyl (C=O) groups excluding carboxylic acids is 4. The smallest absolute Gasteiger partial charge is 0.407 e. The summed E-state index contributed by atoms with van der Waals surface area (Å²) < 4.78 is 160. The number of amides is 4. The van der Waals surface area contributed by atoms with Crippen LogP contribution in [0, 0.1) is 34.3 Å². The molecule has 2 saturated heterocycles. The van der Waals surface area contributed by atoms with Crippen LogP contribution in [0.2, 0.25) is 0 Å². The van der Waals surface area contributed by atoms with Crippen LogP contribution in [0.1, 0.15) is 56.5 Å². The van der Waals surface area contributed by atoms with Gasteiger partial charge in [0.25, 0.3) is 5.91 Å². The molecule has 0 radical (unpaired) electrons. The van der Waals surface area contributed by atoms with Crippen LogP contribution >= 0.6 is 0 Å². The average molecular weight is 1130 g/mol. The van der Waals surface area contributed by atoms with Crippen molar-refractivity contribution in [2.75, 3.05) is 65.1 Å². The Bertz CT molecular complexity index is 2810. The number of hydrazine groups is 1. The summed E-state index contributed by atoms with van der Waals surface area (Å²) in [7, 11) is 1.59. The number of methoxy groups -OCH3 is 2. The fourth-order valence-corrected chi connectivity index (χ4v) is 8.20. The SMILES string of the molecule is COC(=O)NC(C(=O)NC(Cc1ccc(C#Cc2cnc(N3CCN(C4COC4)CC3)nc2)cc1)C(O)CN(Cc1c(F)cc(-c2cnn(C(F)F)c2)cc1F)NC(=O)C(NC(=O)OC)C(C)(C)C(F)(F)F)C(C)(C)C(F)(F)F. The summed E-state index contributed by atoms with van der Waals surface area (Å²) in [5.74, 6) is 0.349. The quantitative estimate of drug-likeness (QED) is 0.0447. The van der Waals surface area contributed by atoms with E-state index in [4.69, 9.17) is 4.74 Å². The van der Waals surface area contributed by atoms with Gasteiger partial charge in [-0.15, -0.1) is 0 Å². The molecule has 79 heavy (non-hydrogen) atoms. The highest BCUT2D eigenvalue weighted by atomic mass is 19.4. The zero-order chi connectivity index (χ0) is 58.2. The number of benzene rings is 2. The van der Waals surface area contributed by atoms with E-state index < -0.39 is 115 Å². The Labute approximate surface area is 446 Å². The lowest BCUT2D eigenvalue weighted by Crippen LogP contribution is -2.63. The molecule has 29 heteroatoms. The highest BCUT2D eigenvalue weighted by Crippen LogP contribution is 2.42. The molecule has 2 fully saturated rings. The second-order valence-electron chi connectivity index (χ2n) is 19.7. The number of aliphatic hydroxyl groups excluding tert-OH is 1. The predicted molar refractivity (Wildman–Crippen MR) is 260 cm³/mol. The van der Waals surface area contributed by atoms with Crippen LogP contribution in [0.25, 0.3) is 11.1 Å². The van der Waals surface area contributed by atoms with Crippen LogP contribution in [0.3, 0.4) is 0 Å². The van der Waals surface area contributed by atoms with Gasteiger partial charge in [-0.3, -0.25) is 19.9 Å². The van der Waals surface area contributed by atoms with Crippen molar-refractivity contribution in [3.05, 3.63) is 95.1 Å². The molecule has 4 amide bonds. The monoisotopic (exact) mass is 1130 g/mol. The summed E-state index contributed by atoms with van der Waals surface area (Å²) in [4.78, 5) is 66.1. The van der Waals surface area contributed by atoms with E-state index in [2.05, 4.69) is 51.5 Å². The number of nitrogens with one attached hydrogen (secondary N) is 4. The number of aromatic nitrogens is 4. The summed E-state index contributed by atoms with van der Waals surface area (Å²) in [6.45, 7) is 1.37. The Morgan fingerprint density at radius 1 is 0.772 bits per heavy atom. The van der Waals surface area contributed by atoms with E-state index in [0.29, 0.717) is 81.2 Å². The van der Waals surface area contributed by atoms with E-state index >= 15 is 8.78 Å². The Kier molecular flexibility index (Phi) is 19.5. The van der Waals surface area contributed by atoms with Crippen molar-refractivity contribution in [1.29, 1.82) is 0 Å². The number of ether oxygens (including phenoxy) is 3. The number of rotatable bonds is 19. The number of halogens is 10. The molecule has 2 aromatic carbocycles. The van der Waals surface area contributed by atoms with Crippen molar-refractivity contribution < 1.29 is 82.4 Å². The van der Waals surface area contributed by atoms with Crippen molar-refractivity contribution in [3.8, 4) is 23.0 Å². The number of alkyl halides is 8. The van der Waals surface area contributed by atoms with Crippen LogP contribution in [0.15, 0.2) is 61.2 Å². The first kappa shape index (κ1) is 60.9. The first-order valence-electron chi connectivity index (χ1n) is 24.2. The Morgan fingerprint density at radius 3 is 1.78 bits per heavy atom. The Balaban J connectivity index is 1.32. The zero-order valence-corrected chi connectivity index (χ0v) is 43.3. The molecule has 430 valence electrons. The largest absolute Gasteiger partial charge is 0.453 e. The maximum Gasteiger partial charge on any atom is 0.407 e. The molecule has 0 spiro atoms. The van der Waals surface area contributed by atoms with Crippen LogP contribution in [0.5, 0.6) is 0 Å². The normalized spacial score (nSPS) is 16.2. The van der Waals surface area contributed by atoms with Gasteiger partial charge in [-0.1, -0.05) is 24.0 Å². The van der Waals surface area contributed by atoms with Crippen LogP contribution < -0.4 is 26.3 Å². The van der Waals surface area contributed by atoms with Gasteiger partial charge in [-0.2, -0.15) is 40.2 Å². The molecule has 2 aromatic heterocycles. The van der Waals surface area contributed by atoms with Crippen molar-refractivity contribution in [2.45, 2.75) is 89.8 Å². The van der Waals surface area contributed by atoms with Crippen LogP contribution in [-0.4, -0.2) is 162 Å². The third kappa shape index (κ3) is 15.1. The fraction of sp³-hybridized carbons (Fsp3) is 0.500. The maximum atomic E-state index is 16.0. The van der Waals surface area contributed by atoms with Gasteiger partial charge in [-0.25, -0.2) is 38.0 Å². The van der Waals surface area contributed by atoms with Gasteiger partial charge >= 0.3 is 31.1 Å². The van der Waals surface area contributed by atoms with Gasteiger partial charge in [0.2, 0.25) is 11.9 Å². The van der Waals surface area contributed by atoms with Gasteiger partial charge < -0.3 is 40.2 Å². The molecule has 2 aliphatic rings. The summed E-state index contributed by atoms with van der Waals surface area (Å²) in [5.41, 5.74) is -4.42. The molecule has 4 heterocycles. The highest BCUT2D eigenvalue weighted by molar-refractivity contribution is 5.87. The molecule has 4 unspecified atom stereocenters. The minimum absolute atomic E-state index is 0.177. The Hall–Kier alpha value is -7.29. The number of alkyl carbamates (subject to hydrolysis) is 2. The second kappa shape index (κ2) is 25.2. The molecule has 2 aliphatic heterocycles. The summed E-state index contributed by atoms with van der Waals surface area (Å²) >= 11 is 0. The lowest BCUT2D eigenvalue weighted by Gasteiger charge is -2.42. The molecule has 5 N–H and O–H groups in total. The zero-order valence-electron chi connectivity index (χ0n) is 43.3. The summed E-state index contributed by atoms with van der Waals surface area (Å²) in [6, 6.07) is 0.927. The van der Waals surface area contributed by atoms with E-state index in [9.17, 15) is 59.4 Å². The number of piperazine rings is 1. The highest BCUT2D eigenvalue weighted by Gasteiger charge is 2.57. The van der Waals surface area contributed by atoms with Gasteiger partial charge in [-0.05, 0) is 69.5 Å². The molecule has 4 atom stereocenters. The molecule has 0 aliphatic carbocycles. The molecule has 19 nitrogen and oxygen atoms in total. The van der Waals surface area contributed by atoms with Crippen molar-refractivity contribution in [3.63, 3.8) is 0 Å². The topological polar surface area (TPSA) is 218 Å². The number of hydrogen-bond donors (Lipinski definition) is 5. The van der Waals surface area contributed by atoms with E-state index in [1.54, 1.807) is 17.7 Å². The minimum atomic E-state index is -5.23. The predicted octanol–water partition coefficient (Wildman–Crippen LogP) is 5.48. The Morgan fingerprint density at radius 2 is 1.30 bits per heavy atom. The lowest BCUT2D eigenvalue weighted by molar-refractivity contribution is -0.221. The molecule has 0 bridgehead atoms. The van der Waals surface area contributed by atoms with E-state index in [-0.39, 0.29) is 21.4 Å². The number of nitrogens with zero attached hydrogens (tertiary/aromatic N) is 7. The molecular formula is C50H57F10N11O8. The first-order chi connectivity index (χ1) is 37.0. The number of hydrogen-bond acceptors (Lipinski definition) is 14. The molecular weight excluding hydrogens is 1070 g/mol. The van der Waals surface area contributed by atoms with Gasteiger partial charge in [0.05, 0.1) is 68.2 Å². The van der Waals surface area contributed by atoms with E-state index in [1.165, 1.54) is 24.3 Å². The van der Waals surface area contributed by atoms with Crippen LogP contribution in [0.4, 0.5) is 59.4 Å². The molecule has 6 rings (SSSR count). The second-order valence-corrected chi connectivity index (χ2v) is 19.7. The van der Waals surface area contributed by atoms with Gasteiger partial charge in [0.15, 0.2) is 0 Å². The van der Waals surface area contributed by atoms with Crippen molar-refractivity contribution >= 4 is 29.9 Å². The average Bonchev–Trinajstić information content (AvgIpc) is 3.90. The lowest BCUT2D eigenvalue weighted by atomic mass is 9.82. The van der Waals surface area contributed by atoms with Gasteiger partial charge in [0.1, 0.15) is 23.7 Å². The number of carbonyl (C=O) groups is 4. The van der Waals surface area contributed by atoms with E-state index in [0.717, 1.165) is 52.8 Å². The maximum absolute atomic E-state index is 16.0.